The summed E-state index contributed by atoms with van der Waals surface area (Å²) in [4.78, 5) is 21.8. The number of carbonyl (C=O) groups is 1. The first-order chi connectivity index (χ1) is 11.3. The molecule has 0 fully saturated rings. The second-order valence-corrected chi connectivity index (χ2v) is 6.06. The Balaban J connectivity index is 1.75. The van der Waals surface area contributed by atoms with Gasteiger partial charge in [-0.05, 0) is 30.0 Å². The van der Waals surface area contributed by atoms with Gasteiger partial charge in [-0.15, -0.1) is 11.8 Å². The Morgan fingerprint density at radius 3 is 2.83 bits per heavy atom. The lowest BCUT2D eigenvalue weighted by atomic mass is 10.2. The van der Waals surface area contributed by atoms with Crippen LogP contribution in [-0.4, -0.2) is 26.2 Å². The van der Waals surface area contributed by atoms with Crippen molar-refractivity contribution in [3.05, 3.63) is 66.9 Å². The van der Waals surface area contributed by atoms with Gasteiger partial charge in [-0.3, -0.25) is 9.36 Å². The zero-order valence-electron chi connectivity index (χ0n) is 12.6. The molecule has 0 spiro atoms. The van der Waals surface area contributed by atoms with E-state index in [-0.39, 0.29) is 5.91 Å². The Labute approximate surface area is 138 Å². The van der Waals surface area contributed by atoms with E-state index in [4.69, 9.17) is 0 Å². The first kappa shape index (κ1) is 15.3. The van der Waals surface area contributed by atoms with E-state index in [9.17, 15) is 4.79 Å². The first-order valence-electron chi connectivity index (χ1n) is 7.25. The predicted molar refractivity (Wildman–Crippen MR) is 92.2 cm³/mol. The SMILES string of the molecule is CCSc1ccccc1C(=O)Nc1ccc(-n2ccnc2)nc1. The number of benzene rings is 1. The third-order valence-corrected chi connectivity index (χ3v) is 4.16. The summed E-state index contributed by atoms with van der Waals surface area (Å²) in [6.07, 6.45) is 6.83. The van der Waals surface area contributed by atoms with Crippen molar-refractivity contribution < 1.29 is 4.79 Å². The molecule has 6 heteroatoms. The van der Waals surface area contributed by atoms with Gasteiger partial charge in [0.2, 0.25) is 0 Å². The molecule has 0 aliphatic heterocycles. The molecule has 3 rings (SSSR count). The molecule has 1 aromatic carbocycles. The van der Waals surface area contributed by atoms with Crippen LogP contribution in [-0.2, 0) is 0 Å². The molecule has 2 heterocycles. The topological polar surface area (TPSA) is 59.8 Å². The molecule has 0 atom stereocenters. The maximum Gasteiger partial charge on any atom is 0.256 e. The van der Waals surface area contributed by atoms with Crippen LogP contribution in [0.3, 0.4) is 0 Å². The van der Waals surface area contributed by atoms with Crippen molar-refractivity contribution in [2.75, 3.05) is 11.1 Å². The smallest absolute Gasteiger partial charge is 0.256 e. The summed E-state index contributed by atoms with van der Waals surface area (Å²) in [5.41, 5.74) is 1.34. The molecule has 3 aromatic rings. The zero-order chi connectivity index (χ0) is 16.1. The Kier molecular flexibility index (Phi) is 4.73. The second-order valence-electron chi connectivity index (χ2n) is 4.76. The van der Waals surface area contributed by atoms with Gasteiger partial charge in [-0.1, -0.05) is 19.1 Å². The molecular weight excluding hydrogens is 308 g/mol. The Bertz CT molecular complexity index is 785. The van der Waals surface area contributed by atoms with Crippen LogP contribution in [0.1, 0.15) is 17.3 Å². The lowest BCUT2D eigenvalue weighted by Crippen LogP contribution is -2.13. The van der Waals surface area contributed by atoms with E-state index in [2.05, 4.69) is 22.2 Å². The van der Waals surface area contributed by atoms with E-state index >= 15 is 0 Å². The van der Waals surface area contributed by atoms with Gasteiger partial charge in [0.15, 0.2) is 0 Å². The van der Waals surface area contributed by atoms with Gasteiger partial charge >= 0.3 is 0 Å². The molecule has 116 valence electrons. The minimum Gasteiger partial charge on any atom is -0.321 e. The number of anilines is 1. The molecule has 1 N–H and O–H groups in total. The van der Waals surface area contributed by atoms with Gasteiger partial charge in [0.05, 0.1) is 17.4 Å². The van der Waals surface area contributed by atoms with Gasteiger partial charge in [0, 0.05) is 17.3 Å². The number of pyridine rings is 1. The number of amides is 1. The quantitative estimate of drug-likeness (QED) is 0.728. The monoisotopic (exact) mass is 324 g/mol. The van der Waals surface area contributed by atoms with Crippen molar-refractivity contribution in [2.45, 2.75) is 11.8 Å². The highest BCUT2D eigenvalue weighted by atomic mass is 32.2. The molecule has 5 nitrogen and oxygen atoms in total. The third kappa shape index (κ3) is 3.60. The fourth-order valence-corrected chi connectivity index (χ4v) is 2.94. The van der Waals surface area contributed by atoms with Crippen LogP contribution >= 0.6 is 11.8 Å². The molecule has 0 unspecified atom stereocenters. The fourth-order valence-electron chi connectivity index (χ4n) is 2.14. The highest BCUT2D eigenvalue weighted by molar-refractivity contribution is 7.99. The number of hydrogen-bond donors (Lipinski definition) is 1. The maximum atomic E-state index is 12.5. The zero-order valence-corrected chi connectivity index (χ0v) is 13.5. The lowest BCUT2D eigenvalue weighted by Gasteiger charge is -2.09. The highest BCUT2D eigenvalue weighted by Crippen LogP contribution is 2.23. The normalized spacial score (nSPS) is 10.5. The number of nitrogens with one attached hydrogen (secondary N) is 1. The molecule has 23 heavy (non-hydrogen) atoms. The number of nitrogens with zero attached hydrogens (tertiary/aromatic N) is 3. The fraction of sp³-hybridized carbons (Fsp3) is 0.118. The molecular formula is C17H16N4OS. The van der Waals surface area contributed by atoms with Gasteiger partial charge in [-0.25, -0.2) is 9.97 Å². The Morgan fingerprint density at radius 2 is 2.13 bits per heavy atom. The van der Waals surface area contributed by atoms with Crippen molar-refractivity contribution in [1.29, 1.82) is 0 Å². The number of rotatable bonds is 5. The Hall–Kier alpha value is -2.60. The molecule has 2 aromatic heterocycles. The largest absolute Gasteiger partial charge is 0.321 e. The molecule has 0 bridgehead atoms. The Morgan fingerprint density at radius 1 is 1.26 bits per heavy atom. The van der Waals surface area contributed by atoms with E-state index < -0.39 is 0 Å². The molecule has 0 aliphatic rings. The summed E-state index contributed by atoms with van der Waals surface area (Å²) < 4.78 is 1.80. The average Bonchev–Trinajstić information content (AvgIpc) is 3.11. The van der Waals surface area contributed by atoms with Crippen molar-refractivity contribution >= 4 is 23.4 Å². The average molecular weight is 324 g/mol. The molecule has 0 saturated heterocycles. The minimum atomic E-state index is -0.126. The van der Waals surface area contributed by atoms with Crippen LogP contribution in [0, 0.1) is 0 Å². The van der Waals surface area contributed by atoms with E-state index in [1.54, 1.807) is 35.0 Å². The number of imidazole rings is 1. The van der Waals surface area contributed by atoms with Crippen LogP contribution in [0.4, 0.5) is 5.69 Å². The predicted octanol–water partition coefficient (Wildman–Crippen LogP) is 3.63. The van der Waals surface area contributed by atoms with Crippen molar-refractivity contribution in [3.63, 3.8) is 0 Å². The molecule has 0 radical (unpaired) electrons. The first-order valence-corrected chi connectivity index (χ1v) is 8.24. The number of aromatic nitrogens is 3. The van der Waals surface area contributed by atoms with Crippen LogP contribution in [0.2, 0.25) is 0 Å². The summed E-state index contributed by atoms with van der Waals surface area (Å²) in [7, 11) is 0. The summed E-state index contributed by atoms with van der Waals surface area (Å²) in [6, 6.07) is 11.3. The molecule has 1 amide bonds. The molecule has 0 aliphatic carbocycles. The van der Waals surface area contributed by atoms with E-state index in [0.29, 0.717) is 11.3 Å². The van der Waals surface area contributed by atoms with Crippen LogP contribution in [0.25, 0.3) is 5.82 Å². The van der Waals surface area contributed by atoms with Crippen molar-refractivity contribution in [1.82, 2.24) is 14.5 Å². The van der Waals surface area contributed by atoms with Crippen molar-refractivity contribution in [3.8, 4) is 5.82 Å². The second kappa shape index (κ2) is 7.11. The summed E-state index contributed by atoms with van der Waals surface area (Å²) in [5, 5.41) is 2.89. The maximum absolute atomic E-state index is 12.5. The van der Waals surface area contributed by atoms with Crippen LogP contribution in [0.15, 0.2) is 66.2 Å². The number of carbonyl (C=O) groups excluding carboxylic acids is 1. The van der Waals surface area contributed by atoms with E-state index in [0.717, 1.165) is 16.5 Å². The summed E-state index contributed by atoms with van der Waals surface area (Å²) in [6.45, 7) is 2.07. The standard InChI is InChI=1S/C17H16N4OS/c1-2-23-15-6-4-3-5-14(15)17(22)20-13-7-8-16(19-11-13)21-10-9-18-12-21/h3-12H,2H2,1H3,(H,20,22). The van der Waals surface area contributed by atoms with E-state index in [1.165, 1.54) is 0 Å². The van der Waals surface area contributed by atoms with Crippen LogP contribution in [0.5, 0.6) is 0 Å². The lowest BCUT2D eigenvalue weighted by molar-refractivity contribution is 0.102. The van der Waals surface area contributed by atoms with E-state index in [1.807, 2.05) is 42.6 Å². The summed E-state index contributed by atoms with van der Waals surface area (Å²) in [5.74, 6) is 1.55. The van der Waals surface area contributed by atoms with Gasteiger partial charge in [-0.2, -0.15) is 0 Å². The van der Waals surface area contributed by atoms with Gasteiger partial charge in [0.1, 0.15) is 12.1 Å². The van der Waals surface area contributed by atoms with Gasteiger partial charge in [0.25, 0.3) is 5.91 Å². The van der Waals surface area contributed by atoms with Gasteiger partial charge < -0.3 is 5.32 Å². The minimum absolute atomic E-state index is 0.126. The van der Waals surface area contributed by atoms with Crippen molar-refractivity contribution in [2.24, 2.45) is 0 Å². The third-order valence-electron chi connectivity index (χ3n) is 3.21. The highest BCUT2D eigenvalue weighted by Gasteiger charge is 2.11. The molecule has 0 saturated carbocycles. The number of thioether (sulfide) groups is 1. The summed E-state index contributed by atoms with van der Waals surface area (Å²) >= 11 is 1.65. The van der Waals surface area contributed by atoms with Crippen LogP contribution < -0.4 is 5.32 Å². The number of hydrogen-bond acceptors (Lipinski definition) is 4.